The summed E-state index contributed by atoms with van der Waals surface area (Å²) < 4.78 is 32.9. The Morgan fingerprint density at radius 3 is 2.90 bits per heavy atom. The van der Waals surface area contributed by atoms with E-state index in [1.807, 2.05) is 6.92 Å². The fourth-order valence-electron chi connectivity index (χ4n) is 2.38. The molecule has 7 heteroatoms. The second kappa shape index (κ2) is 6.91. The van der Waals surface area contributed by atoms with Gasteiger partial charge in [0.05, 0.1) is 11.0 Å². The van der Waals surface area contributed by atoms with Crippen molar-refractivity contribution in [3.8, 4) is 0 Å². The Morgan fingerprint density at radius 2 is 2.24 bits per heavy atom. The van der Waals surface area contributed by atoms with E-state index in [1.54, 1.807) is 12.3 Å². The van der Waals surface area contributed by atoms with Gasteiger partial charge < -0.3 is 15.0 Å². The number of hydrogen-bond donors (Lipinski definition) is 3. The molecule has 0 aliphatic carbocycles. The Balaban J connectivity index is 1.98. The van der Waals surface area contributed by atoms with Crippen LogP contribution < -0.4 is 10.0 Å². The van der Waals surface area contributed by atoms with Crippen molar-refractivity contribution in [2.24, 2.45) is 0 Å². The lowest BCUT2D eigenvalue weighted by atomic mass is 10.1. The van der Waals surface area contributed by atoms with Crippen LogP contribution in [-0.2, 0) is 21.3 Å². The Bertz CT molecular complexity index is 554. The lowest BCUT2D eigenvalue weighted by Gasteiger charge is -2.27. The van der Waals surface area contributed by atoms with E-state index >= 15 is 0 Å². The largest absolute Gasteiger partial charge is 0.378 e. The molecule has 0 bridgehead atoms. The zero-order valence-electron chi connectivity index (χ0n) is 12.8. The van der Waals surface area contributed by atoms with Crippen LogP contribution in [0, 0.1) is 0 Å². The molecule has 2 rings (SSSR count). The number of aromatic amines is 1. The first kappa shape index (κ1) is 16.5. The highest BCUT2D eigenvalue weighted by Crippen LogP contribution is 2.17. The molecule has 0 spiro atoms. The molecule has 6 nitrogen and oxygen atoms in total. The van der Waals surface area contributed by atoms with E-state index < -0.39 is 10.0 Å². The Morgan fingerprint density at radius 1 is 1.48 bits per heavy atom. The number of ether oxygens (including phenoxy) is 1. The highest BCUT2D eigenvalue weighted by molar-refractivity contribution is 7.89. The van der Waals surface area contributed by atoms with Gasteiger partial charge >= 0.3 is 0 Å². The third-order valence-corrected chi connectivity index (χ3v) is 5.03. The van der Waals surface area contributed by atoms with Crippen LogP contribution in [0.5, 0.6) is 0 Å². The summed E-state index contributed by atoms with van der Waals surface area (Å²) in [5.41, 5.74) is 0.865. The van der Waals surface area contributed by atoms with Gasteiger partial charge in [0.1, 0.15) is 0 Å². The van der Waals surface area contributed by atoms with Crippen LogP contribution >= 0.6 is 0 Å². The van der Waals surface area contributed by atoms with Gasteiger partial charge in [-0.25, -0.2) is 13.1 Å². The summed E-state index contributed by atoms with van der Waals surface area (Å²) in [5, 5.41) is 3.25. The lowest BCUT2D eigenvalue weighted by molar-refractivity contribution is 0.0173. The van der Waals surface area contributed by atoms with Crippen LogP contribution in [0.1, 0.15) is 39.3 Å². The summed E-state index contributed by atoms with van der Waals surface area (Å²) in [6.07, 6.45) is 3.08. The minimum Gasteiger partial charge on any atom is -0.378 e. The molecule has 2 heterocycles. The third-order valence-electron chi connectivity index (χ3n) is 3.53. The van der Waals surface area contributed by atoms with Crippen molar-refractivity contribution in [2.45, 2.75) is 63.2 Å². The molecule has 2 atom stereocenters. The summed E-state index contributed by atoms with van der Waals surface area (Å²) in [7, 11) is -3.47. The molecule has 120 valence electrons. The first-order valence-electron chi connectivity index (χ1n) is 7.41. The molecule has 0 radical (unpaired) electrons. The van der Waals surface area contributed by atoms with Gasteiger partial charge in [-0.3, -0.25) is 0 Å². The van der Waals surface area contributed by atoms with Gasteiger partial charge in [0, 0.05) is 37.1 Å². The van der Waals surface area contributed by atoms with Gasteiger partial charge in [-0.05, 0) is 25.8 Å². The van der Waals surface area contributed by atoms with Crippen LogP contribution in [0.15, 0.2) is 17.2 Å². The molecular weight excluding hydrogens is 290 g/mol. The number of nitrogens with one attached hydrogen (secondary N) is 3. The molecule has 2 unspecified atom stereocenters. The van der Waals surface area contributed by atoms with Crippen molar-refractivity contribution in [2.75, 3.05) is 6.61 Å². The maximum atomic E-state index is 12.4. The molecule has 1 aromatic heterocycles. The summed E-state index contributed by atoms with van der Waals surface area (Å²) in [6.45, 7) is 7.29. The molecule has 1 aromatic rings. The predicted molar refractivity (Wildman–Crippen MR) is 81.5 cm³/mol. The highest BCUT2D eigenvalue weighted by atomic mass is 32.2. The van der Waals surface area contributed by atoms with Crippen molar-refractivity contribution in [3.63, 3.8) is 0 Å². The standard InChI is InChI=1S/C14H25N3O3S/c1-10(2)15-8-13-7-14(9-16-13)21(18,19)17-12-4-5-20-11(3)6-12/h7,9-12,15-17H,4-6,8H2,1-3H3. The van der Waals surface area contributed by atoms with E-state index in [0.29, 0.717) is 30.5 Å². The van der Waals surface area contributed by atoms with Crippen LogP contribution in [0.25, 0.3) is 0 Å². The smallest absolute Gasteiger partial charge is 0.242 e. The lowest BCUT2D eigenvalue weighted by Crippen LogP contribution is -2.41. The minimum atomic E-state index is -3.47. The topological polar surface area (TPSA) is 83.2 Å². The quantitative estimate of drug-likeness (QED) is 0.740. The van der Waals surface area contributed by atoms with Gasteiger partial charge in [0.15, 0.2) is 0 Å². The zero-order chi connectivity index (χ0) is 15.5. The molecule has 0 aromatic carbocycles. The molecule has 0 saturated carbocycles. The van der Waals surface area contributed by atoms with E-state index in [2.05, 4.69) is 28.9 Å². The molecule has 0 amide bonds. The van der Waals surface area contributed by atoms with Gasteiger partial charge in [0.2, 0.25) is 10.0 Å². The average Bonchev–Trinajstić information content (AvgIpc) is 2.85. The molecule has 1 saturated heterocycles. The summed E-state index contributed by atoms with van der Waals surface area (Å²) in [4.78, 5) is 3.30. The SMILES string of the molecule is CC(C)NCc1cc(S(=O)(=O)NC2CCOC(C)C2)c[nH]1. The second-order valence-corrected chi connectivity index (χ2v) is 7.63. The zero-order valence-corrected chi connectivity index (χ0v) is 13.7. The summed E-state index contributed by atoms with van der Waals surface area (Å²) >= 11 is 0. The Kier molecular flexibility index (Phi) is 5.43. The normalized spacial score (nSPS) is 23.6. The van der Waals surface area contributed by atoms with Crippen LogP contribution in [-0.4, -0.2) is 38.2 Å². The van der Waals surface area contributed by atoms with E-state index in [0.717, 1.165) is 12.1 Å². The van der Waals surface area contributed by atoms with Crippen LogP contribution in [0.3, 0.4) is 0 Å². The third kappa shape index (κ3) is 4.81. The van der Waals surface area contributed by atoms with E-state index in [1.165, 1.54) is 0 Å². The molecule has 21 heavy (non-hydrogen) atoms. The molecule has 1 aliphatic rings. The molecular formula is C14H25N3O3S. The van der Waals surface area contributed by atoms with Crippen molar-refractivity contribution >= 4 is 10.0 Å². The van der Waals surface area contributed by atoms with Crippen molar-refractivity contribution in [1.29, 1.82) is 0 Å². The fraction of sp³-hybridized carbons (Fsp3) is 0.714. The summed E-state index contributed by atoms with van der Waals surface area (Å²) in [6, 6.07) is 1.99. The van der Waals surface area contributed by atoms with Crippen molar-refractivity contribution in [1.82, 2.24) is 15.0 Å². The van der Waals surface area contributed by atoms with Gasteiger partial charge in [-0.15, -0.1) is 0 Å². The van der Waals surface area contributed by atoms with Gasteiger partial charge in [-0.1, -0.05) is 13.8 Å². The predicted octanol–water partition coefficient (Wildman–Crippen LogP) is 1.36. The number of rotatable bonds is 6. The fourth-order valence-corrected chi connectivity index (χ4v) is 3.68. The number of aromatic nitrogens is 1. The molecule has 1 aliphatic heterocycles. The van der Waals surface area contributed by atoms with E-state index in [4.69, 9.17) is 4.74 Å². The van der Waals surface area contributed by atoms with Crippen LogP contribution in [0.4, 0.5) is 0 Å². The maximum Gasteiger partial charge on any atom is 0.242 e. The number of H-pyrrole nitrogens is 1. The Labute approximate surface area is 126 Å². The first-order valence-corrected chi connectivity index (χ1v) is 8.90. The molecule has 1 fully saturated rings. The van der Waals surface area contributed by atoms with E-state index in [-0.39, 0.29) is 12.1 Å². The van der Waals surface area contributed by atoms with Gasteiger partial charge in [0.25, 0.3) is 0 Å². The number of hydrogen-bond acceptors (Lipinski definition) is 4. The minimum absolute atomic E-state index is 0.0501. The average molecular weight is 315 g/mol. The van der Waals surface area contributed by atoms with E-state index in [9.17, 15) is 8.42 Å². The second-order valence-electron chi connectivity index (χ2n) is 5.92. The monoisotopic (exact) mass is 315 g/mol. The summed E-state index contributed by atoms with van der Waals surface area (Å²) in [5.74, 6) is 0. The Hall–Kier alpha value is -0.890. The maximum absolute atomic E-state index is 12.4. The van der Waals surface area contributed by atoms with Crippen molar-refractivity contribution < 1.29 is 13.2 Å². The van der Waals surface area contributed by atoms with Crippen molar-refractivity contribution in [3.05, 3.63) is 18.0 Å². The highest BCUT2D eigenvalue weighted by Gasteiger charge is 2.25. The van der Waals surface area contributed by atoms with Crippen LogP contribution in [0.2, 0.25) is 0 Å². The molecule has 3 N–H and O–H groups in total. The number of sulfonamides is 1. The van der Waals surface area contributed by atoms with Gasteiger partial charge in [-0.2, -0.15) is 0 Å². The first-order chi connectivity index (χ1) is 9.87.